The summed E-state index contributed by atoms with van der Waals surface area (Å²) in [6, 6.07) is 7.01. The third-order valence-electron chi connectivity index (χ3n) is 3.66. The van der Waals surface area contributed by atoms with E-state index in [0.29, 0.717) is 0 Å². The molecular formula is C17H22Cl2Zr. The molecule has 0 amide bonds. The minimum Gasteiger partial charge on any atom is -1.00 e. The largest absolute Gasteiger partial charge is 4.00 e. The van der Waals surface area contributed by atoms with Crippen LogP contribution in [0.5, 0.6) is 0 Å². The van der Waals surface area contributed by atoms with Crippen molar-refractivity contribution in [1.82, 2.24) is 0 Å². The first-order valence-corrected chi connectivity index (χ1v) is 6.87. The molecule has 0 saturated heterocycles. The van der Waals surface area contributed by atoms with Gasteiger partial charge in [-0.1, -0.05) is 44.9 Å². The van der Waals surface area contributed by atoms with Gasteiger partial charge in [-0.05, 0) is 0 Å². The van der Waals surface area contributed by atoms with Gasteiger partial charge in [-0.2, -0.15) is 29.3 Å². The van der Waals surface area contributed by atoms with E-state index >= 15 is 0 Å². The molecule has 0 N–H and O–H groups in total. The van der Waals surface area contributed by atoms with E-state index in [1.165, 1.54) is 37.7 Å². The van der Waals surface area contributed by atoms with Crippen LogP contribution in [0.25, 0.3) is 0 Å². The van der Waals surface area contributed by atoms with Crippen LogP contribution in [0, 0.1) is 6.08 Å². The minimum absolute atomic E-state index is 0. The first kappa shape index (κ1) is 22.6. The summed E-state index contributed by atoms with van der Waals surface area (Å²) in [5.74, 6) is 0.894. The van der Waals surface area contributed by atoms with Crippen molar-refractivity contribution in [3.8, 4) is 0 Å². The first-order valence-electron chi connectivity index (χ1n) is 6.87. The van der Waals surface area contributed by atoms with Crippen LogP contribution in [0.3, 0.4) is 0 Å². The second-order valence-corrected chi connectivity index (χ2v) is 4.89. The summed E-state index contributed by atoms with van der Waals surface area (Å²) in [6.45, 7) is 2.23. The third kappa shape index (κ3) is 7.34. The molecule has 0 unspecified atom stereocenters. The SMILES string of the molecule is CC[c-]1ccc(C2CCCC2)c1.[C-]1=CC=CC1.[Cl-].[Cl-].[Zr+4]. The Kier molecular flexibility index (Phi) is 14.7. The average Bonchev–Trinajstić information content (AvgIpc) is 3.12. The van der Waals surface area contributed by atoms with Gasteiger partial charge in [0.2, 0.25) is 0 Å². The number of hydrogen-bond acceptors (Lipinski definition) is 0. The zero-order valence-electron chi connectivity index (χ0n) is 12.0. The summed E-state index contributed by atoms with van der Waals surface area (Å²) in [7, 11) is 0. The molecule has 2 aliphatic rings. The van der Waals surface area contributed by atoms with Crippen LogP contribution >= 0.6 is 0 Å². The van der Waals surface area contributed by atoms with Crippen LogP contribution in [-0.2, 0) is 32.6 Å². The van der Waals surface area contributed by atoms with Gasteiger partial charge >= 0.3 is 26.2 Å². The smallest absolute Gasteiger partial charge is 1.00 e. The second kappa shape index (κ2) is 13.0. The molecular weight excluding hydrogens is 366 g/mol. The van der Waals surface area contributed by atoms with Crippen molar-refractivity contribution in [2.45, 2.75) is 51.4 Å². The Morgan fingerprint density at radius 3 is 2.35 bits per heavy atom. The molecule has 0 atom stereocenters. The predicted octanol–water partition coefficient (Wildman–Crippen LogP) is -1.06. The molecule has 0 aromatic heterocycles. The molecule has 2 aliphatic carbocycles. The maximum absolute atomic E-state index is 2.99. The van der Waals surface area contributed by atoms with Crippen LogP contribution in [0.4, 0.5) is 0 Å². The van der Waals surface area contributed by atoms with Crippen molar-refractivity contribution >= 4 is 0 Å². The summed E-state index contributed by atoms with van der Waals surface area (Å²) >= 11 is 0. The average molecular weight is 388 g/mol. The van der Waals surface area contributed by atoms with Crippen molar-refractivity contribution in [2.24, 2.45) is 0 Å². The first-order chi connectivity index (χ1) is 8.40. The molecule has 1 saturated carbocycles. The maximum Gasteiger partial charge on any atom is 4.00 e. The van der Waals surface area contributed by atoms with Crippen molar-refractivity contribution in [3.05, 3.63) is 53.6 Å². The Morgan fingerprint density at radius 1 is 1.25 bits per heavy atom. The molecule has 0 spiro atoms. The van der Waals surface area contributed by atoms with Gasteiger partial charge in [0.1, 0.15) is 0 Å². The Labute approximate surface area is 155 Å². The molecule has 3 heteroatoms. The van der Waals surface area contributed by atoms with Gasteiger partial charge in [-0.15, -0.1) is 6.42 Å². The fraction of sp³-hybridized carbons (Fsp3) is 0.471. The normalized spacial score (nSPS) is 15.7. The number of hydrogen-bond donors (Lipinski definition) is 0. The monoisotopic (exact) mass is 386 g/mol. The van der Waals surface area contributed by atoms with E-state index in [-0.39, 0.29) is 51.0 Å². The fourth-order valence-corrected chi connectivity index (χ4v) is 2.59. The van der Waals surface area contributed by atoms with E-state index in [1.54, 1.807) is 5.56 Å². The molecule has 0 radical (unpaired) electrons. The molecule has 1 fully saturated rings. The number of halogens is 2. The van der Waals surface area contributed by atoms with Gasteiger partial charge in [0.05, 0.1) is 0 Å². The fourth-order valence-electron chi connectivity index (χ4n) is 2.59. The van der Waals surface area contributed by atoms with E-state index < -0.39 is 0 Å². The van der Waals surface area contributed by atoms with E-state index in [9.17, 15) is 0 Å². The van der Waals surface area contributed by atoms with E-state index in [1.807, 2.05) is 12.2 Å². The van der Waals surface area contributed by atoms with Crippen molar-refractivity contribution in [3.63, 3.8) is 0 Å². The zero-order valence-corrected chi connectivity index (χ0v) is 16.0. The summed E-state index contributed by atoms with van der Waals surface area (Å²) in [5.41, 5.74) is 3.11. The number of allylic oxidation sites excluding steroid dienone is 4. The predicted molar refractivity (Wildman–Crippen MR) is 74.2 cm³/mol. The molecule has 0 aliphatic heterocycles. The zero-order chi connectivity index (χ0) is 11.9. The van der Waals surface area contributed by atoms with Crippen molar-refractivity contribution < 1.29 is 51.0 Å². The van der Waals surface area contributed by atoms with Gasteiger partial charge in [0, 0.05) is 0 Å². The molecule has 20 heavy (non-hydrogen) atoms. The molecule has 1 aromatic carbocycles. The van der Waals surface area contributed by atoms with Crippen LogP contribution < -0.4 is 24.8 Å². The quantitative estimate of drug-likeness (QED) is 0.567. The molecule has 3 rings (SSSR count). The Morgan fingerprint density at radius 2 is 1.95 bits per heavy atom. The molecule has 0 heterocycles. The van der Waals surface area contributed by atoms with Crippen LogP contribution in [0.15, 0.2) is 36.4 Å². The van der Waals surface area contributed by atoms with Crippen molar-refractivity contribution in [2.75, 3.05) is 0 Å². The Hall–Kier alpha value is 0.293. The molecule has 0 bridgehead atoms. The van der Waals surface area contributed by atoms with E-state index in [2.05, 4.69) is 37.3 Å². The van der Waals surface area contributed by atoms with Gasteiger partial charge in [-0.25, -0.2) is 18.2 Å². The minimum atomic E-state index is 0. The summed E-state index contributed by atoms with van der Waals surface area (Å²) in [6.07, 6.45) is 16.9. The van der Waals surface area contributed by atoms with E-state index in [4.69, 9.17) is 0 Å². The van der Waals surface area contributed by atoms with Gasteiger partial charge in [-0.3, -0.25) is 6.08 Å². The summed E-state index contributed by atoms with van der Waals surface area (Å²) in [5, 5.41) is 0. The topological polar surface area (TPSA) is 0 Å². The van der Waals surface area contributed by atoms with Gasteiger partial charge < -0.3 is 24.8 Å². The summed E-state index contributed by atoms with van der Waals surface area (Å²) < 4.78 is 0. The Bertz CT molecular complexity index is 377. The number of aryl methyl sites for hydroxylation is 1. The van der Waals surface area contributed by atoms with Crippen LogP contribution in [0.2, 0.25) is 0 Å². The van der Waals surface area contributed by atoms with Gasteiger partial charge in [0.25, 0.3) is 0 Å². The molecule has 1 aromatic rings. The summed E-state index contributed by atoms with van der Waals surface area (Å²) in [4.78, 5) is 0. The molecule has 108 valence electrons. The van der Waals surface area contributed by atoms with E-state index in [0.717, 1.165) is 12.3 Å². The Balaban J connectivity index is 0. The second-order valence-electron chi connectivity index (χ2n) is 4.89. The maximum atomic E-state index is 2.99. The van der Waals surface area contributed by atoms with Gasteiger partial charge in [0.15, 0.2) is 0 Å². The number of rotatable bonds is 2. The van der Waals surface area contributed by atoms with Crippen LogP contribution in [-0.4, -0.2) is 0 Å². The third-order valence-corrected chi connectivity index (χ3v) is 3.66. The standard InChI is InChI=1S/C12H17.C5H5.2ClH.Zr/c1-2-10-7-8-12(9-10)11-5-3-4-6-11;1-2-4-5-3-1;;;/h7-9,11H,2-6H2,1H3;1-3H,4H2;2*1H;/q2*-1;;;+4/p-2. The van der Waals surface area contributed by atoms with Crippen molar-refractivity contribution in [1.29, 1.82) is 0 Å². The van der Waals surface area contributed by atoms with Crippen LogP contribution in [0.1, 0.15) is 56.1 Å². The molecule has 0 nitrogen and oxygen atoms in total.